The summed E-state index contributed by atoms with van der Waals surface area (Å²) < 4.78 is 7.22. The van der Waals surface area contributed by atoms with E-state index in [0.717, 1.165) is 16.7 Å². The normalized spacial score (nSPS) is 20.3. The Morgan fingerprint density at radius 1 is 1.16 bits per heavy atom. The number of aryl methyl sites for hydroxylation is 1. The summed E-state index contributed by atoms with van der Waals surface area (Å²) in [6.45, 7) is 5.46. The number of likely N-dealkylation sites (tertiary alicyclic amines) is 1. The van der Waals surface area contributed by atoms with Crippen molar-refractivity contribution in [3.63, 3.8) is 0 Å². The first-order valence-electron chi connectivity index (χ1n) is 14.1. The lowest BCUT2D eigenvalue weighted by molar-refractivity contribution is -0.139. The summed E-state index contributed by atoms with van der Waals surface area (Å²) in [5, 5.41) is 8.10. The number of ketones is 1. The van der Waals surface area contributed by atoms with Crippen molar-refractivity contribution in [2.75, 3.05) is 12.4 Å². The van der Waals surface area contributed by atoms with Crippen LogP contribution in [0.15, 0.2) is 47.3 Å². The van der Waals surface area contributed by atoms with E-state index in [4.69, 9.17) is 4.74 Å². The van der Waals surface area contributed by atoms with Crippen molar-refractivity contribution in [1.29, 1.82) is 0 Å². The first-order chi connectivity index (χ1) is 21.1. The molecule has 12 heteroatoms. The van der Waals surface area contributed by atoms with Gasteiger partial charge in [-0.05, 0) is 65.5 Å². The molecule has 44 heavy (non-hydrogen) atoms. The minimum Gasteiger partial charge on any atom is -0.377 e. The molecule has 3 aromatic heterocycles. The van der Waals surface area contributed by atoms with E-state index >= 15 is 0 Å². The molecule has 1 aromatic carbocycles. The second-order valence-corrected chi connectivity index (χ2v) is 12.2. The molecular weight excluding hydrogens is 626 g/mol. The Kier molecular flexibility index (Phi) is 7.77. The van der Waals surface area contributed by atoms with Gasteiger partial charge in [0.25, 0.3) is 0 Å². The molecule has 4 heterocycles. The van der Waals surface area contributed by atoms with Gasteiger partial charge in [0.05, 0.1) is 17.0 Å². The predicted molar refractivity (Wildman–Crippen MR) is 166 cm³/mol. The number of nitrogens with zero attached hydrogens (tertiary/aromatic N) is 6. The zero-order valence-electron chi connectivity index (χ0n) is 24.7. The summed E-state index contributed by atoms with van der Waals surface area (Å²) in [6, 6.07) is 8.21. The molecule has 2 aliphatic rings. The Morgan fingerprint density at radius 2 is 1.93 bits per heavy atom. The summed E-state index contributed by atoms with van der Waals surface area (Å²) in [5.41, 5.74) is 2.76. The van der Waals surface area contributed by atoms with Gasteiger partial charge in [-0.15, -0.1) is 5.92 Å². The van der Waals surface area contributed by atoms with Gasteiger partial charge >= 0.3 is 0 Å². The van der Waals surface area contributed by atoms with Crippen LogP contribution in [0, 0.1) is 24.2 Å². The monoisotopic (exact) mass is 655 g/mol. The third-order valence-electron chi connectivity index (χ3n) is 8.27. The highest BCUT2D eigenvalue weighted by Gasteiger charge is 2.54. The highest BCUT2D eigenvalue weighted by molar-refractivity contribution is 9.10. The fraction of sp³-hybridized carbons (Fsp3) is 0.344. The molecule has 1 saturated heterocycles. The van der Waals surface area contributed by atoms with Gasteiger partial charge < -0.3 is 15.0 Å². The summed E-state index contributed by atoms with van der Waals surface area (Å²) >= 11 is 3.36. The SMILES string of the molecule is COCc1ncc(-c2ccc3c(c2)c(C(C)=O)nn3CC(=O)N2[C@H](C(=O)Nc3nc(Br)ccc3C)C[C@@]3(C)C#CC[C@@H]23)cn1. The zero-order valence-corrected chi connectivity index (χ0v) is 26.3. The summed E-state index contributed by atoms with van der Waals surface area (Å²) in [5.74, 6) is 6.58. The molecule has 0 bridgehead atoms. The van der Waals surface area contributed by atoms with Gasteiger partial charge in [-0.3, -0.25) is 19.1 Å². The summed E-state index contributed by atoms with van der Waals surface area (Å²) in [6.07, 6.45) is 4.29. The highest BCUT2D eigenvalue weighted by atomic mass is 79.9. The Labute approximate surface area is 262 Å². The van der Waals surface area contributed by atoms with Crippen LogP contribution in [0.25, 0.3) is 22.0 Å². The first-order valence-corrected chi connectivity index (χ1v) is 14.9. The predicted octanol–water partition coefficient (Wildman–Crippen LogP) is 4.33. The molecule has 224 valence electrons. The summed E-state index contributed by atoms with van der Waals surface area (Å²) in [4.78, 5) is 55.1. The highest BCUT2D eigenvalue weighted by Crippen LogP contribution is 2.45. The molecular formula is C32H30BrN7O4. The lowest BCUT2D eigenvalue weighted by Gasteiger charge is -2.30. The molecule has 1 N–H and O–H groups in total. The summed E-state index contributed by atoms with van der Waals surface area (Å²) in [7, 11) is 1.58. The van der Waals surface area contributed by atoms with Crippen molar-refractivity contribution in [2.24, 2.45) is 5.41 Å². The number of Topliss-reactive ketones (excluding diaryl/α,β-unsaturated/α-hetero) is 1. The quantitative estimate of drug-likeness (QED) is 0.169. The number of benzene rings is 1. The first kappa shape index (κ1) is 29.6. The van der Waals surface area contributed by atoms with Crippen molar-refractivity contribution in [3.05, 3.63) is 64.4 Å². The molecule has 0 unspecified atom stereocenters. The Bertz CT molecular complexity index is 1880. The molecule has 0 radical (unpaired) electrons. The molecule has 11 nitrogen and oxygen atoms in total. The molecule has 0 spiro atoms. The van der Waals surface area contributed by atoms with E-state index in [9.17, 15) is 14.4 Å². The number of halogens is 1. The molecule has 4 aromatic rings. The van der Waals surface area contributed by atoms with Crippen molar-refractivity contribution in [3.8, 4) is 23.0 Å². The number of fused-ring (bicyclic) bond motifs is 2. The Hall–Kier alpha value is -4.47. The molecule has 2 amide bonds. The van der Waals surface area contributed by atoms with Crippen LogP contribution >= 0.6 is 15.9 Å². The lowest BCUT2D eigenvalue weighted by Crippen LogP contribution is -2.49. The molecule has 1 fully saturated rings. The second kappa shape index (κ2) is 11.6. The van der Waals surface area contributed by atoms with Crippen LogP contribution < -0.4 is 5.32 Å². The third-order valence-corrected chi connectivity index (χ3v) is 8.71. The van der Waals surface area contributed by atoms with E-state index in [2.05, 4.69) is 53.1 Å². The maximum atomic E-state index is 14.1. The Balaban J connectivity index is 1.31. The fourth-order valence-corrected chi connectivity index (χ4v) is 6.33. The topological polar surface area (TPSA) is 132 Å². The van der Waals surface area contributed by atoms with Gasteiger partial charge in [-0.1, -0.05) is 18.1 Å². The van der Waals surface area contributed by atoms with Gasteiger partial charge in [0.2, 0.25) is 11.8 Å². The molecule has 6 rings (SSSR count). The standard InChI is InChI=1S/C32H30BrN7O4/c1-18-7-10-26(33)36-30(18)37-31(43)24-13-32(3)11-5-6-25(32)40(24)28(42)16-39-23-9-8-20(12-22(23)29(38-39)19(2)41)21-14-34-27(17-44-4)35-15-21/h7-10,12,14-15,24-25H,6,13,16-17H2,1-4H3,(H,36,37,43)/t24-,25+,32+/m0/s1. The van der Waals surface area contributed by atoms with E-state index < -0.39 is 11.5 Å². The van der Waals surface area contributed by atoms with Gasteiger partial charge in [0.1, 0.15) is 35.3 Å². The second-order valence-electron chi connectivity index (χ2n) is 11.4. The van der Waals surface area contributed by atoms with Crippen molar-refractivity contribution in [1.82, 2.24) is 29.6 Å². The van der Waals surface area contributed by atoms with Crippen LogP contribution in [0.2, 0.25) is 0 Å². The maximum absolute atomic E-state index is 14.1. The van der Waals surface area contributed by atoms with Crippen LogP contribution in [0.4, 0.5) is 5.82 Å². The molecule has 0 saturated carbocycles. The van der Waals surface area contributed by atoms with Crippen LogP contribution in [0.3, 0.4) is 0 Å². The number of anilines is 1. The number of pyridine rings is 1. The number of carbonyl (C=O) groups is 3. The number of amides is 2. The molecule has 1 aliphatic heterocycles. The van der Waals surface area contributed by atoms with E-state index in [-0.39, 0.29) is 35.9 Å². The Morgan fingerprint density at radius 3 is 2.66 bits per heavy atom. The van der Waals surface area contributed by atoms with Crippen LogP contribution in [0.5, 0.6) is 0 Å². The number of hydrogen-bond acceptors (Lipinski definition) is 8. The van der Waals surface area contributed by atoms with Crippen molar-refractivity contribution >= 4 is 50.2 Å². The van der Waals surface area contributed by atoms with Crippen molar-refractivity contribution in [2.45, 2.75) is 58.8 Å². The minimum absolute atomic E-state index is 0.150. The number of methoxy groups -OCH3 is 1. The zero-order chi connectivity index (χ0) is 31.2. The average Bonchev–Trinajstić information content (AvgIpc) is 3.64. The number of aromatic nitrogens is 5. The van der Waals surface area contributed by atoms with Gasteiger partial charge in [-0.25, -0.2) is 15.0 Å². The van der Waals surface area contributed by atoms with Crippen LogP contribution in [-0.2, 0) is 27.5 Å². The van der Waals surface area contributed by atoms with Gasteiger partial charge in [-0.2, -0.15) is 5.10 Å². The number of rotatable bonds is 8. The number of nitrogens with one attached hydrogen (secondary N) is 1. The van der Waals surface area contributed by atoms with E-state index in [1.54, 1.807) is 30.5 Å². The van der Waals surface area contributed by atoms with Gasteiger partial charge in [0, 0.05) is 43.8 Å². The van der Waals surface area contributed by atoms with E-state index in [1.165, 1.54) is 11.6 Å². The maximum Gasteiger partial charge on any atom is 0.248 e. The number of hydrogen-bond donors (Lipinski definition) is 1. The largest absolute Gasteiger partial charge is 0.377 e. The smallest absolute Gasteiger partial charge is 0.248 e. The third kappa shape index (κ3) is 5.37. The minimum atomic E-state index is -0.742. The number of ether oxygens (including phenoxy) is 1. The molecule has 1 aliphatic carbocycles. The van der Waals surface area contributed by atoms with E-state index in [1.807, 2.05) is 38.1 Å². The van der Waals surface area contributed by atoms with E-state index in [0.29, 0.717) is 46.6 Å². The van der Waals surface area contributed by atoms with Crippen LogP contribution in [-0.4, -0.2) is 66.4 Å². The lowest BCUT2D eigenvalue weighted by atomic mass is 9.84. The van der Waals surface area contributed by atoms with Crippen LogP contribution in [0.1, 0.15) is 48.6 Å². The average molecular weight is 657 g/mol. The molecule has 3 atom stereocenters. The fourth-order valence-electron chi connectivity index (χ4n) is 6.02. The number of carbonyl (C=O) groups excluding carboxylic acids is 3. The van der Waals surface area contributed by atoms with Gasteiger partial charge in [0.15, 0.2) is 11.6 Å². The van der Waals surface area contributed by atoms with Crippen molar-refractivity contribution < 1.29 is 19.1 Å².